The molecule has 2 nitrogen and oxygen atoms in total. The second-order valence-electron chi connectivity index (χ2n) is 14.5. The molecule has 5 unspecified atom stereocenters. The lowest BCUT2D eigenvalue weighted by Crippen LogP contribution is -2.17. The highest BCUT2D eigenvalue weighted by Crippen LogP contribution is 2.21. The molecule has 0 aliphatic rings. The molecule has 0 radical (unpaired) electrons. The van der Waals surface area contributed by atoms with Gasteiger partial charge in [0.2, 0.25) is 0 Å². The van der Waals surface area contributed by atoms with E-state index in [4.69, 9.17) is 0 Å². The minimum Gasteiger partial charge on any atom is -0.388 e. The van der Waals surface area contributed by atoms with E-state index in [2.05, 4.69) is 139 Å². The topological polar surface area (TPSA) is 40.5 Å². The van der Waals surface area contributed by atoms with Crippen LogP contribution in [0.25, 0.3) is 0 Å². The molecule has 0 saturated carbocycles. The third-order valence-electron chi connectivity index (χ3n) is 8.62. The van der Waals surface area contributed by atoms with Crippen LogP contribution in [0.15, 0.2) is 93.2 Å². The molecule has 0 aliphatic carbocycles. The van der Waals surface area contributed by atoms with Crippen molar-refractivity contribution in [1.29, 1.82) is 0 Å². The number of rotatable bonds is 21. The molecule has 5 atom stereocenters. The zero-order valence-corrected chi connectivity index (χ0v) is 31.8. The van der Waals surface area contributed by atoms with Crippen LogP contribution in [0.3, 0.4) is 0 Å². The third kappa shape index (κ3) is 22.1. The lowest BCUT2D eigenvalue weighted by Gasteiger charge is -2.18. The lowest BCUT2D eigenvalue weighted by atomic mass is 9.93. The van der Waals surface area contributed by atoms with E-state index in [0.29, 0.717) is 5.92 Å². The monoisotopic (exact) mass is 621 g/mol. The predicted octanol–water partition coefficient (Wildman–Crippen LogP) is 12.7. The average Bonchev–Trinajstić information content (AvgIpc) is 2.94. The van der Waals surface area contributed by atoms with Gasteiger partial charge in [0.1, 0.15) is 0 Å². The van der Waals surface area contributed by atoms with Crippen molar-refractivity contribution in [3.63, 3.8) is 0 Å². The molecule has 0 aliphatic heterocycles. The Bertz CT molecular complexity index is 1090. The van der Waals surface area contributed by atoms with Crippen LogP contribution in [0.1, 0.15) is 148 Å². The van der Waals surface area contributed by atoms with Crippen LogP contribution in [-0.4, -0.2) is 22.4 Å². The van der Waals surface area contributed by atoms with Gasteiger partial charge in [-0.3, -0.25) is 0 Å². The van der Waals surface area contributed by atoms with Gasteiger partial charge in [-0.2, -0.15) is 0 Å². The van der Waals surface area contributed by atoms with Crippen molar-refractivity contribution in [2.45, 2.75) is 160 Å². The zero-order valence-electron chi connectivity index (χ0n) is 31.8. The second-order valence-corrected chi connectivity index (χ2v) is 14.5. The Balaban J connectivity index is 4.72. The van der Waals surface area contributed by atoms with E-state index in [1.54, 1.807) is 0 Å². The van der Waals surface area contributed by atoms with Crippen LogP contribution in [0.2, 0.25) is 0 Å². The largest absolute Gasteiger partial charge is 0.388 e. The van der Waals surface area contributed by atoms with E-state index in [0.717, 1.165) is 68.9 Å². The SMILES string of the molecule is CC(C)=CCC/C(C)=C/C(C)C(O)/C(C)=C/CC/C(C)=C/CC(C)/C=C(\C)CC/C=C(\C)C(O)C(C)/C=C(\C)CCC=C(C)C. The standard InChI is InChI=1S/C43H72O2/c1-31(2)18-14-21-35(7)29-40(12)42(44)38(10)24-16-20-33(5)26-27-37(9)28-34(6)23-17-25-39(11)43(45)41(13)30-36(8)22-15-19-32(3)4/h18-19,24-26,28-30,37,40-45H,14-17,20-23,27H2,1-13H3/b33-26+,34-28+,35-29+,36-30+,38-24+,39-25+. The maximum absolute atomic E-state index is 10.8. The van der Waals surface area contributed by atoms with E-state index in [-0.39, 0.29) is 11.8 Å². The van der Waals surface area contributed by atoms with Gasteiger partial charge in [0, 0.05) is 11.8 Å². The van der Waals surface area contributed by atoms with E-state index >= 15 is 0 Å². The zero-order chi connectivity index (χ0) is 34.5. The lowest BCUT2D eigenvalue weighted by molar-refractivity contribution is 0.172. The Labute approximate surface area is 280 Å². The Morgan fingerprint density at radius 2 is 0.778 bits per heavy atom. The molecule has 0 fully saturated rings. The first-order chi connectivity index (χ1) is 21.0. The normalized spacial score (nSPS) is 17.5. The summed E-state index contributed by atoms with van der Waals surface area (Å²) in [6.07, 6.45) is 26.7. The first-order valence-electron chi connectivity index (χ1n) is 17.7. The summed E-state index contributed by atoms with van der Waals surface area (Å²) >= 11 is 0. The van der Waals surface area contributed by atoms with Crippen molar-refractivity contribution in [3.8, 4) is 0 Å². The molecule has 0 aromatic heterocycles. The summed E-state index contributed by atoms with van der Waals surface area (Å²) in [4.78, 5) is 0. The summed E-state index contributed by atoms with van der Waals surface area (Å²) in [5.41, 5.74) is 10.4. The Morgan fingerprint density at radius 3 is 1.16 bits per heavy atom. The molecular weight excluding hydrogens is 548 g/mol. The molecule has 0 heterocycles. The minimum absolute atomic E-state index is 0.127. The predicted molar refractivity (Wildman–Crippen MR) is 202 cm³/mol. The van der Waals surface area contributed by atoms with Gasteiger partial charge in [-0.05, 0) is 144 Å². The van der Waals surface area contributed by atoms with Gasteiger partial charge in [0.15, 0.2) is 0 Å². The Kier molecular flexibility index (Phi) is 22.9. The smallest absolute Gasteiger partial charge is 0.0807 e. The summed E-state index contributed by atoms with van der Waals surface area (Å²) in [6.45, 7) is 28.0. The summed E-state index contributed by atoms with van der Waals surface area (Å²) < 4.78 is 0. The van der Waals surface area contributed by atoms with E-state index in [1.807, 2.05) is 0 Å². The van der Waals surface area contributed by atoms with Crippen LogP contribution < -0.4 is 0 Å². The molecule has 0 rings (SSSR count). The molecule has 0 bridgehead atoms. The van der Waals surface area contributed by atoms with Gasteiger partial charge < -0.3 is 10.2 Å². The number of hydrogen-bond donors (Lipinski definition) is 2. The van der Waals surface area contributed by atoms with Crippen molar-refractivity contribution in [2.75, 3.05) is 0 Å². The van der Waals surface area contributed by atoms with Crippen LogP contribution in [0.5, 0.6) is 0 Å². The van der Waals surface area contributed by atoms with E-state index in [1.165, 1.54) is 33.4 Å². The highest BCUT2D eigenvalue weighted by molar-refractivity contribution is 5.15. The number of aliphatic hydroxyl groups excluding tert-OH is 2. The second kappa shape index (κ2) is 24.1. The molecule has 0 spiro atoms. The van der Waals surface area contributed by atoms with Crippen LogP contribution in [-0.2, 0) is 0 Å². The summed E-state index contributed by atoms with van der Waals surface area (Å²) in [7, 11) is 0. The van der Waals surface area contributed by atoms with Crippen molar-refractivity contribution in [3.05, 3.63) is 93.2 Å². The molecular formula is C43H72O2. The van der Waals surface area contributed by atoms with Crippen molar-refractivity contribution < 1.29 is 10.2 Å². The van der Waals surface area contributed by atoms with Crippen LogP contribution >= 0.6 is 0 Å². The first kappa shape index (κ1) is 42.8. The van der Waals surface area contributed by atoms with Crippen molar-refractivity contribution in [2.24, 2.45) is 17.8 Å². The summed E-state index contributed by atoms with van der Waals surface area (Å²) in [5.74, 6) is 0.756. The molecule has 0 aromatic rings. The van der Waals surface area contributed by atoms with Crippen LogP contribution in [0.4, 0.5) is 0 Å². The summed E-state index contributed by atoms with van der Waals surface area (Å²) in [5, 5.41) is 21.7. The van der Waals surface area contributed by atoms with Gasteiger partial charge >= 0.3 is 0 Å². The third-order valence-corrected chi connectivity index (χ3v) is 8.62. The Morgan fingerprint density at radius 1 is 0.444 bits per heavy atom. The fourth-order valence-corrected chi connectivity index (χ4v) is 5.68. The first-order valence-corrected chi connectivity index (χ1v) is 17.7. The Hall–Kier alpha value is -2.16. The highest BCUT2D eigenvalue weighted by Gasteiger charge is 2.15. The maximum atomic E-state index is 10.8. The highest BCUT2D eigenvalue weighted by atomic mass is 16.3. The van der Waals surface area contributed by atoms with E-state index in [9.17, 15) is 10.2 Å². The fourth-order valence-electron chi connectivity index (χ4n) is 5.68. The van der Waals surface area contributed by atoms with Crippen molar-refractivity contribution in [1.82, 2.24) is 0 Å². The summed E-state index contributed by atoms with van der Waals surface area (Å²) in [6, 6.07) is 0. The van der Waals surface area contributed by atoms with Gasteiger partial charge in [0.25, 0.3) is 0 Å². The van der Waals surface area contributed by atoms with Gasteiger partial charge in [-0.15, -0.1) is 0 Å². The fraction of sp³-hybridized carbons (Fsp3) is 0.628. The van der Waals surface area contributed by atoms with Gasteiger partial charge in [0.05, 0.1) is 12.2 Å². The van der Waals surface area contributed by atoms with Crippen molar-refractivity contribution >= 4 is 0 Å². The average molecular weight is 621 g/mol. The quantitative estimate of drug-likeness (QED) is 0.125. The molecule has 0 aromatic carbocycles. The molecule has 0 amide bonds. The van der Waals surface area contributed by atoms with Gasteiger partial charge in [-0.1, -0.05) is 103 Å². The minimum atomic E-state index is -0.423. The molecule has 2 heteroatoms. The molecule has 256 valence electrons. The van der Waals surface area contributed by atoms with E-state index < -0.39 is 12.2 Å². The number of allylic oxidation sites excluding steroid dienone is 12. The molecule has 45 heavy (non-hydrogen) atoms. The number of aliphatic hydroxyl groups is 2. The molecule has 2 N–H and O–H groups in total. The maximum Gasteiger partial charge on any atom is 0.0807 e. The number of hydrogen-bond acceptors (Lipinski definition) is 2. The van der Waals surface area contributed by atoms with Gasteiger partial charge in [-0.25, -0.2) is 0 Å². The van der Waals surface area contributed by atoms with Crippen LogP contribution in [0, 0.1) is 17.8 Å². The molecule has 0 saturated heterocycles.